The first-order valence-corrected chi connectivity index (χ1v) is 10.6. The molecule has 8 atom stereocenters. The van der Waals surface area contributed by atoms with Crippen molar-refractivity contribution in [3.05, 3.63) is 11.6 Å². The summed E-state index contributed by atoms with van der Waals surface area (Å²) in [6.45, 7) is 4.75. The van der Waals surface area contributed by atoms with Crippen molar-refractivity contribution >= 4 is 0 Å². The molecule has 0 saturated heterocycles. The smallest absolute Gasteiger partial charge is 0.0546 e. The predicted molar refractivity (Wildman–Crippen MR) is 101 cm³/mol. The van der Waals surface area contributed by atoms with Crippen LogP contribution in [-0.4, -0.2) is 36.0 Å². The quantitative estimate of drug-likeness (QED) is 0.685. The van der Waals surface area contributed by atoms with E-state index in [0.29, 0.717) is 29.2 Å². The molecule has 3 heteroatoms. The minimum absolute atomic E-state index is 0.0147. The third-order valence-electron chi connectivity index (χ3n) is 9.17. The fraction of sp³-hybridized carbons (Fsp3) is 0.909. The van der Waals surface area contributed by atoms with Gasteiger partial charge in [-0.3, -0.25) is 0 Å². The SMILES string of the molecule is CN[C@H]1CC[C@@]2(C)C(=CC[C@H]3[C@@H]4CC[C@H]([C@H](C)O)[C@@]4(CO)CC[C@@H]32)C1. The van der Waals surface area contributed by atoms with Crippen molar-refractivity contribution in [2.24, 2.45) is 34.5 Å². The van der Waals surface area contributed by atoms with Gasteiger partial charge in [-0.15, -0.1) is 0 Å². The lowest BCUT2D eigenvalue weighted by atomic mass is 9.47. The molecule has 0 spiro atoms. The summed E-state index contributed by atoms with van der Waals surface area (Å²) >= 11 is 0. The Morgan fingerprint density at radius 1 is 1.20 bits per heavy atom. The van der Waals surface area contributed by atoms with Crippen molar-refractivity contribution in [1.29, 1.82) is 0 Å². The maximum atomic E-state index is 10.4. The van der Waals surface area contributed by atoms with Gasteiger partial charge < -0.3 is 15.5 Å². The molecule has 0 bridgehead atoms. The van der Waals surface area contributed by atoms with Gasteiger partial charge in [-0.05, 0) is 94.4 Å². The number of nitrogens with one attached hydrogen (secondary N) is 1. The van der Waals surface area contributed by atoms with Crippen LogP contribution >= 0.6 is 0 Å². The summed E-state index contributed by atoms with van der Waals surface area (Å²) in [5.74, 6) is 2.39. The first-order valence-electron chi connectivity index (χ1n) is 10.6. The van der Waals surface area contributed by atoms with E-state index in [9.17, 15) is 10.2 Å². The minimum Gasteiger partial charge on any atom is -0.396 e. The Bertz CT molecular complexity index is 544. The highest BCUT2D eigenvalue weighted by atomic mass is 16.3. The van der Waals surface area contributed by atoms with E-state index in [1.807, 2.05) is 6.92 Å². The lowest BCUT2D eigenvalue weighted by Crippen LogP contribution is -2.53. The highest BCUT2D eigenvalue weighted by Gasteiger charge is 2.60. The molecular formula is C22H37NO2. The van der Waals surface area contributed by atoms with E-state index in [-0.39, 0.29) is 18.1 Å². The van der Waals surface area contributed by atoms with Crippen LogP contribution in [0.5, 0.6) is 0 Å². The van der Waals surface area contributed by atoms with Crippen LogP contribution in [0.2, 0.25) is 0 Å². The summed E-state index contributed by atoms with van der Waals surface area (Å²) in [5, 5.41) is 24.2. The lowest BCUT2D eigenvalue weighted by Gasteiger charge is -2.58. The van der Waals surface area contributed by atoms with Gasteiger partial charge in [0, 0.05) is 18.1 Å². The van der Waals surface area contributed by atoms with Crippen molar-refractivity contribution < 1.29 is 10.2 Å². The number of hydrogen-bond donors (Lipinski definition) is 3. The van der Waals surface area contributed by atoms with E-state index in [1.54, 1.807) is 5.57 Å². The summed E-state index contributed by atoms with van der Waals surface area (Å²) in [4.78, 5) is 0. The molecule has 0 aliphatic heterocycles. The molecule has 3 nitrogen and oxygen atoms in total. The van der Waals surface area contributed by atoms with Gasteiger partial charge in [0.2, 0.25) is 0 Å². The molecule has 0 heterocycles. The first-order chi connectivity index (χ1) is 12.0. The van der Waals surface area contributed by atoms with Crippen LogP contribution in [0.15, 0.2) is 11.6 Å². The normalized spacial score (nSPS) is 50.4. The average molecular weight is 348 g/mol. The second-order valence-corrected chi connectivity index (χ2v) is 9.84. The fourth-order valence-electron chi connectivity index (χ4n) is 7.79. The van der Waals surface area contributed by atoms with Gasteiger partial charge in [0.15, 0.2) is 0 Å². The molecule has 3 saturated carbocycles. The Kier molecular flexibility index (Phi) is 4.57. The van der Waals surface area contributed by atoms with E-state index >= 15 is 0 Å². The van der Waals surface area contributed by atoms with Crippen molar-refractivity contribution in [1.82, 2.24) is 5.32 Å². The van der Waals surface area contributed by atoms with Crippen molar-refractivity contribution in [3.63, 3.8) is 0 Å². The maximum absolute atomic E-state index is 10.4. The zero-order valence-corrected chi connectivity index (χ0v) is 16.3. The summed E-state index contributed by atoms with van der Waals surface area (Å²) in [7, 11) is 2.10. The van der Waals surface area contributed by atoms with Crippen LogP contribution in [0.4, 0.5) is 0 Å². The fourth-order valence-corrected chi connectivity index (χ4v) is 7.79. The Hall–Kier alpha value is -0.380. The van der Waals surface area contributed by atoms with E-state index < -0.39 is 0 Å². The van der Waals surface area contributed by atoms with Gasteiger partial charge in [-0.25, -0.2) is 0 Å². The summed E-state index contributed by atoms with van der Waals surface area (Å²) < 4.78 is 0. The van der Waals surface area contributed by atoms with Gasteiger partial charge in [0.25, 0.3) is 0 Å². The number of aliphatic hydroxyl groups excluding tert-OH is 2. The van der Waals surface area contributed by atoms with Gasteiger partial charge >= 0.3 is 0 Å². The van der Waals surface area contributed by atoms with Crippen molar-refractivity contribution in [3.8, 4) is 0 Å². The highest BCUT2D eigenvalue weighted by molar-refractivity contribution is 5.26. The zero-order valence-electron chi connectivity index (χ0n) is 16.3. The molecule has 0 amide bonds. The Balaban J connectivity index is 1.64. The molecule has 0 aromatic rings. The zero-order chi connectivity index (χ0) is 17.8. The molecule has 25 heavy (non-hydrogen) atoms. The summed E-state index contributed by atoms with van der Waals surface area (Å²) in [6.07, 6.45) is 12.0. The molecule has 4 aliphatic carbocycles. The standard InChI is InChI=1S/C22H37NO2/c1-14(25)18-6-7-20-17-5-4-15-12-16(23-3)8-10-21(15,2)19(17)9-11-22(18,20)13-24/h4,14,16-20,23-25H,5-13H2,1-3H3/t14-,16-,17+,18+,19-,20-,21-,22-/m0/s1. The largest absolute Gasteiger partial charge is 0.396 e. The van der Waals surface area contributed by atoms with Crippen molar-refractivity contribution in [2.45, 2.75) is 77.4 Å². The lowest BCUT2D eigenvalue weighted by molar-refractivity contribution is -0.0972. The van der Waals surface area contributed by atoms with Gasteiger partial charge in [0.05, 0.1) is 6.10 Å². The predicted octanol–water partition coefficient (Wildman–Crippen LogP) is 3.51. The Morgan fingerprint density at radius 3 is 2.68 bits per heavy atom. The first kappa shape index (κ1) is 18.0. The van der Waals surface area contributed by atoms with Crippen LogP contribution < -0.4 is 5.32 Å². The minimum atomic E-state index is -0.287. The Labute approximate surface area is 153 Å². The second-order valence-electron chi connectivity index (χ2n) is 9.84. The number of fused-ring (bicyclic) bond motifs is 5. The molecule has 142 valence electrons. The number of rotatable bonds is 3. The highest BCUT2D eigenvalue weighted by Crippen LogP contribution is 2.66. The molecule has 0 radical (unpaired) electrons. The van der Waals surface area contributed by atoms with Crippen molar-refractivity contribution in [2.75, 3.05) is 13.7 Å². The van der Waals surface area contributed by atoms with Gasteiger partial charge in [-0.1, -0.05) is 18.6 Å². The van der Waals surface area contributed by atoms with Crippen LogP contribution in [0.1, 0.15) is 65.2 Å². The maximum Gasteiger partial charge on any atom is 0.0546 e. The van der Waals surface area contributed by atoms with E-state index in [4.69, 9.17) is 0 Å². The van der Waals surface area contributed by atoms with Gasteiger partial charge in [0.1, 0.15) is 0 Å². The number of hydrogen-bond acceptors (Lipinski definition) is 3. The average Bonchev–Trinajstić information content (AvgIpc) is 3.01. The van der Waals surface area contributed by atoms with E-state index in [0.717, 1.165) is 18.8 Å². The molecule has 3 fully saturated rings. The third kappa shape index (κ3) is 2.49. The summed E-state index contributed by atoms with van der Waals surface area (Å²) in [5.41, 5.74) is 2.07. The second kappa shape index (κ2) is 6.35. The van der Waals surface area contributed by atoms with Crippen LogP contribution in [-0.2, 0) is 0 Å². The van der Waals surface area contributed by atoms with Crippen LogP contribution in [0, 0.1) is 34.5 Å². The molecule has 0 unspecified atom stereocenters. The van der Waals surface area contributed by atoms with Gasteiger partial charge in [-0.2, -0.15) is 0 Å². The molecule has 3 N–H and O–H groups in total. The van der Waals surface area contributed by atoms with E-state index in [1.165, 1.54) is 38.5 Å². The van der Waals surface area contributed by atoms with Crippen LogP contribution in [0.25, 0.3) is 0 Å². The number of allylic oxidation sites excluding steroid dienone is 1. The number of aliphatic hydroxyl groups is 2. The monoisotopic (exact) mass is 347 g/mol. The summed E-state index contributed by atoms with van der Waals surface area (Å²) in [6, 6.07) is 0.655. The molecule has 0 aromatic carbocycles. The molecule has 0 aromatic heterocycles. The molecule has 4 aliphatic rings. The van der Waals surface area contributed by atoms with Crippen LogP contribution in [0.3, 0.4) is 0 Å². The van der Waals surface area contributed by atoms with E-state index in [2.05, 4.69) is 25.4 Å². The molecular weight excluding hydrogens is 310 g/mol. The Morgan fingerprint density at radius 2 is 2.00 bits per heavy atom. The molecule has 4 rings (SSSR count). The topological polar surface area (TPSA) is 52.5 Å². The third-order valence-corrected chi connectivity index (χ3v) is 9.17.